The molecule has 1 atom stereocenters. The predicted molar refractivity (Wildman–Crippen MR) is 127 cm³/mol. The van der Waals surface area contributed by atoms with Crippen molar-refractivity contribution < 1.29 is 23.1 Å². The molecule has 1 unspecified atom stereocenters. The minimum absolute atomic E-state index is 0.105. The van der Waals surface area contributed by atoms with Crippen LogP contribution in [0.3, 0.4) is 0 Å². The number of piperidine rings is 1. The highest BCUT2D eigenvalue weighted by Gasteiger charge is 2.40. The fourth-order valence-electron chi connectivity index (χ4n) is 5.28. The number of carbonyl (C=O) groups is 2. The second-order valence-corrected chi connectivity index (χ2v) is 9.49. The number of imide groups is 1. The smallest absolute Gasteiger partial charge is 0.418 e. The summed E-state index contributed by atoms with van der Waals surface area (Å²) in [5.41, 5.74) is 1.99. The molecule has 3 aliphatic heterocycles. The molecule has 2 aromatic rings. The monoisotopic (exact) mass is 495 g/mol. The molecule has 0 aliphatic carbocycles. The van der Waals surface area contributed by atoms with Gasteiger partial charge in [-0.1, -0.05) is 18.2 Å². The average molecular weight is 496 g/mol. The lowest BCUT2D eigenvalue weighted by molar-refractivity contribution is 0.0420. The molecular formula is C26H27F2N5O3. The van der Waals surface area contributed by atoms with E-state index in [1.54, 1.807) is 0 Å². The van der Waals surface area contributed by atoms with Crippen molar-refractivity contribution in [2.45, 2.75) is 24.9 Å². The van der Waals surface area contributed by atoms with Crippen LogP contribution in [0.15, 0.2) is 42.5 Å². The number of ether oxygens (including phenoxy) is 1. The third kappa shape index (κ3) is 4.71. The highest BCUT2D eigenvalue weighted by atomic mass is 19.2. The van der Waals surface area contributed by atoms with Crippen molar-refractivity contribution in [2.75, 3.05) is 44.2 Å². The van der Waals surface area contributed by atoms with Crippen molar-refractivity contribution >= 4 is 17.8 Å². The Morgan fingerprint density at radius 1 is 1.11 bits per heavy atom. The first-order valence-corrected chi connectivity index (χ1v) is 12.1. The number of para-hydroxylation sites is 1. The molecule has 36 heavy (non-hydrogen) atoms. The van der Waals surface area contributed by atoms with E-state index < -0.39 is 29.8 Å². The molecule has 5 rings (SSSR count). The third-order valence-corrected chi connectivity index (χ3v) is 7.29. The number of halogens is 2. The Morgan fingerprint density at radius 3 is 2.58 bits per heavy atom. The first kappa shape index (κ1) is 24.0. The Bertz CT molecular complexity index is 1190. The largest absolute Gasteiger partial charge is 0.446 e. The summed E-state index contributed by atoms with van der Waals surface area (Å²) in [4.78, 5) is 30.5. The lowest BCUT2D eigenvalue weighted by atomic mass is 9.93. The van der Waals surface area contributed by atoms with Crippen molar-refractivity contribution in [3.05, 3.63) is 65.2 Å². The number of nitrogens with one attached hydrogen (secondary N) is 1. The number of rotatable bonds is 5. The van der Waals surface area contributed by atoms with Crippen molar-refractivity contribution in [3.63, 3.8) is 0 Å². The van der Waals surface area contributed by atoms with Gasteiger partial charge in [0.25, 0.3) is 0 Å². The molecule has 0 bridgehead atoms. The van der Waals surface area contributed by atoms with Crippen LogP contribution in [0.5, 0.6) is 0 Å². The Hall–Kier alpha value is -3.71. The zero-order valence-corrected chi connectivity index (χ0v) is 19.7. The molecular weight excluding hydrogens is 468 g/mol. The molecule has 3 fully saturated rings. The van der Waals surface area contributed by atoms with E-state index in [0.717, 1.165) is 61.7 Å². The Morgan fingerprint density at radius 2 is 1.86 bits per heavy atom. The molecule has 188 valence electrons. The highest BCUT2D eigenvalue weighted by Crippen LogP contribution is 2.30. The molecule has 3 amide bonds. The number of benzene rings is 2. The highest BCUT2D eigenvalue weighted by molar-refractivity contribution is 5.92. The van der Waals surface area contributed by atoms with Crippen molar-refractivity contribution in [1.82, 2.24) is 15.1 Å². The minimum Gasteiger partial charge on any atom is -0.446 e. The van der Waals surface area contributed by atoms with Crippen LogP contribution in [0.2, 0.25) is 0 Å². The summed E-state index contributed by atoms with van der Waals surface area (Å²) in [6.07, 6.45) is 1.21. The molecule has 0 radical (unpaired) electrons. The number of carbonyl (C=O) groups excluding carboxylic acids is 2. The zero-order valence-electron chi connectivity index (χ0n) is 19.7. The average Bonchev–Trinajstić information content (AvgIpc) is 3.26. The van der Waals surface area contributed by atoms with E-state index in [9.17, 15) is 23.6 Å². The van der Waals surface area contributed by atoms with Gasteiger partial charge in [0.05, 0.1) is 11.3 Å². The second-order valence-electron chi connectivity index (χ2n) is 9.49. The van der Waals surface area contributed by atoms with Gasteiger partial charge in [-0.25, -0.2) is 23.3 Å². The van der Waals surface area contributed by atoms with Crippen molar-refractivity contribution in [1.29, 1.82) is 5.26 Å². The first-order valence-electron chi connectivity index (χ1n) is 12.1. The van der Waals surface area contributed by atoms with Crippen LogP contribution in [0, 0.1) is 28.9 Å². The normalized spacial score (nSPS) is 21.1. The maximum absolute atomic E-state index is 13.7. The zero-order chi connectivity index (χ0) is 25.2. The number of nitriles is 1. The molecule has 10 heteroatoms. The molecule has 2 aromatic carbocycles. The molecule has 0 saturated carbocycles. The molecule has 1 N–H and O–H groups in total. The van der Waals surface area contributed by atoms with Crippen LogP contribution in [0.25, 0.3) is 0 Å². The molecule has 0 spiro atoms. The van der Waals surface area contributed by atoms with E-state index in [-0.39, 0.29) is 12.5 Å². The SMILES string of the molecule is N#Cc1ccccc1N1CCC(N2CC(CNC(=O)N3C(=O)OCC3c3ccc(F)c(F)c3)C2)CC1. The van der Waals surface area contributed by atoms with E-state index in [2.05, 4.69) is 21.2 Å². The van der Waals surface area contributed by atoms with Crippen LogP contribution in [0.4, 0.5) is 24.1 Å². The first-order chi connectivity index (χ1) is 17.4. The summed E-state index contributed by atoms with van der Waals surface area (Å²) in [7, 11) is 0. The third-order valence-electron chi connectivity index (χ3n) is 7.29. The van der Waals surface area contributed by atoms with Gasteiger partial charge in [-0.2, -0.15) is 5.26 Å². The van der Waals surface area contributed by atoms with E-state index >= 15 is 0 Å². The van der Waals surface area contributed by atoms with Crippen LogP contribution in [0.1, 0.15) is 30.0 Å². The molecule has 3 saturated heterocycles. The lowest BCUT2D eigenvalue weighted by Gasteiger charge is -2.47. The minimum atomic E-state index is -1.04. The number of urea groups is 1. The Labute approximate surface area is 208 Å². The van der Waals surface area contributed by atoms with E-state index in [0.29, 0.717) is 23.7 Å². The van der Waals surface area contributed by atoms with Gasteiger partial charge in [0.1, 0.15) is 18.7 Å². The second kappa shape index (κ2) is 10.1. The number of nitrogens with zero attached hydrogens (tertiary/aromatic N) is 4. The number of hydrogen-bond donors (Lipinski definition) is 1. The summed E-state index contributed by atoms with van der Waals surface area (Å²) < 4.78 is 31.9. The molecule has 3 aliphatic rings. The summed E-state index contributed by atoms with van der Waals surface area (Å²) >= 11 is 0. The summed E-state index contributed by atoms with van der Waals surface area (Å²) in [6, 6.07) is 12.3. The van der Waals surface area contributed by atoms with Gasteiger partial charge in [-0.15, -0.1) is 0 Å². The van der Waals surface area contributed by atoms with Gasteiger partial charge < -0.3 is 15.0 Å². The molecule has 8 nitrogen and oxygen atoms in total. The van der Waals surface area contributed by atoms with E-state index in [1.165, 1.54) is 6.07 Å². The van der Waals surface area contributed by atoms with Crippen LogP contribution in [-0.2, 0) is 4.74 Å². The number of amides is 3. The summed E-state index contributed by atoms with van der Waals surface area (Å²) in [5, 5.41) is 12.2. The standard InChI is InChI=1S/C26H27F2N5O3/c27-21-6-5-18(11-22(21)28)24-16-36-26(35)33(24)25(34)30-13-17-14-32(15-17)20-7-9-31(10-8-20)23-4-2-1-3-19(23)12-29/h1-6,11,17,20,24H,7-10,13-16H2,(H,30,34). The number of cyclic esters (lactones) is 1. The van der Waals surface area contributed by atoms with E-state index in [1.807, 2.05) is 24.3 Å². The Balaban J connectivity index is 1.09. The Kier molecular flexibility index (Phi) is 6.74. The number of likely N-dealkylation sites (tertiary alicyclic amines) is 1. The summed E-state index contributed by atoms with van der Waals surface area (Å²) in [5.74, 6) is -1.76. The quantitative estimate of drug-likeness (QED) is 0.682. The fourth-order valence-corrected chi connectivity index (χ4v) is 5.28. The van der Waals surface area contributed by atoms with Gasteiger partial charge in [-0.3, -0.25) is 4.90 Å². The maximum atomic E-state index is 13.7. The van der Waals surface area contributed by atoms with Gasteiger partial charge in [0.15, 0.2) is 11.6 Å². The van der Waals surface area contributed by atoms with Gasteiger partial charge in [-0.05, 0) is 42.7 Å². The molecule has 0 aromatic heterocycles. The van der Waals surface area contributed by atoms with Gasteiger partial charge in [0, 0.05) is 44.7 Å². The number of anilines is 1. The van der Waals surface area contributed by atoms with E-state index in [4.69, 9.17) is 4.74 Å². The van der Waals surface area contributed by atoms with Crippen LogP contribution in [-0.4, -0.2) is 67.3 Å². The summed E-state index contributed by atoms with van der Waals surface area (Å²) in [6.45, 7) is 3.81. The van der Waals surface area contributed by atoms with Crippen molar-refractivity contribution in [3.8, 4) is 6.07 Å². The predicted octanol–water partition coefficient (Wildman–Crippen LogP) is 3.64. The topological polar surface area (TPSA) is 88.9 Å². The fraction of sp³-hybridized carbons (Fsp3) is 0.423. The van der Waals surface area contributed by atoms with Gasteiger partial charge in [0.2, 0.25) is 0 Å². The van der Waals surface area contributed by atoms with Crippen LogP contribution < -0.4 is 10.2 Å². The van der Waals surface area contributed by atoms with Crippen LogP contribution >= 0.6 is 0 Å². The molecule has 3 heterocycles. The maximum Gasteiger partial charge on any atom is 0.418 e. The van der Waals surface area contributed by atoms with Gasteiger partial charge >= 0.3 is 12.1 Å². The van der Waals surface area contributed by atoms with Crippen molar-refractivity contribution in [2.24, 2.45) is 5.92 Å². The number of hydrogen-bond acceptors (Lipinski definition) is 6. The lowest BCUT2D eigenvalue weighted by Crippen LogP contribution is -2.58.